The van der Waals surface area contributed by atoms with Gasteiger partial charge in [-0.3, -0.25) is 9.80 Å². The summed E-state index contributed by atoms with van der Waals surface area (Å²) >= 11 is 0. The molecule has 1 saturated heterocycles. The predicted octanol–water partition coefficient (Wildman–Crippen LogP) is 1.24. The number of hydrogen-bond donors (Lipinski definition) is 0. The molecule has 0 spiro atoms. The minimum Gasteiger partial charge on any atom is -0.338 e. The van der Waals surface area contributed by atoms with Crippen LogP contribution >= 0.6 is 0 Å². The standard InChI is InChI=1S/C17H24N4O3S/c1-14-18-17(24-19-14)12-21-9-7-20(8-10-21)11-15-3-5-16(6-4-15)13-25(2,22)23/h3-6H,7-13H2,1-2H3. The first-order valence-corrected chi connectivity index (χ1v) is 10.4. The highest BCUT2D eigenvalue weighted by Gasteiger charge is 2.19. The predicted molar refractivity (Wildman–Crippen MR) is 94.6 cm³/mol. The molecule has 0 unspecified atom stereocenters. The summed E-state index contributed by atoms with van der Waals surface area (Å²) in [6, 6.07) is 7.86. The maximum absolute atomic E-state index is 11.3. The zero-order valence-electron chi connectivity index (χ0n) is 14.7. The quantitative estimate of drug-likeness (QED) is 0.763. The lowest BCUT2D eigenvalue weighted by molar-refractivity contribution is 0.112. The van der Waals surface area contributed by atoms with Crippen molar-refractivity contribution in [1.29, 1.82) is 0 Å². The smallest absolute Gasteiger partial charge is 0.240 e. The van der Waals surface area contributed by atoms with E-state index in [0.29, 0.717) is 18.3 Å². The van der Waals surface area contributed by atoms with Gasteiger partial charge in [0.25, 0.3) is 0 Å². The molecule has 1 fully saturated rings. The number of aromatic nitrogens is 2. The Kier molecular flexibility index (Phi) is 5.51. The first-order valence-electron chi connectivity index (χ1n) is 8.37. The second-order valence-corrected chi connectivity index (χ2v) is 8.81. The molecule has 1 aromatic heterocycles. The molecule has 8 heteroatoms. The Balaban J connectivity index is 1.47. The summed E-state index contributed by atoms with van der Waals surface area (Å²) in [5, 5.41) is 3.82. The van der Waals surface area contributed by atoms with Crippen molar-refractivity contribution in [3.8, 4) is 0 Å². The lowest BCUT2D eigenvalue weighted by atomic mass is 10.1. The van der Waals surface area contributed by atoms with E-state index in [4.69, 9.17) is 4.52 Å². The summed E-state index contributed by atoms with van der Waals surface area (Å²) in [5.74, 6) is 1.45. The number of hydrogen-bond acceptors (Lipinski definition) is 7. The Hall–Kier alpha value is -1.77. The molecule has 0 amide bonds. The molecule has 0 saturated carbocycles. The van der Waals surface area contributed by atoms with E-state index in [1.807, 2.05) is 31.2 Å². The molecule has 1 aromatic carbocycles. The topological polar surface area (TPSA) is 79.5 Å². The van der Waals surface area contributed by atoms with Gasteiger partial charge in [-0.1, -0.05) is 29.4 Å². The van der Waals surface area contributed by atoms with E-state index >= 15 is 0 Å². The minimum absolute atomic E-state index is 0.0983. The lowest BCUT2D eigenvalue weighted by Crippen LogP contribution is -2.45. The van der Waals surface area contributed by atoms with E-state index < -0.39 is 9.84 Å². The van der Waals surface area contributed by atoms with E-state index in [2.05, 4.69) is 19.9 Å². The second-order valence-electron chi connectivity index (χ2n) is 6.67. The van der Waals surface area contributed by atoms with E-state index in [1.165, 1.54) is 11.8 Å². The highest BCUT2D eigenvalue weighted by atomic mass is 32.2. The highest BCUT2D eigenvalue weighted by molar-refractivity contribution is 7.89. The van der Waals surface area contributed by atoms with Gasteiger partial charge < -0.3 is 4.52 Å². The van der Waals surface area contributed by atoms with Gasteiger partial charge in [0.15, 0.2) is 15.7 Å². The fraction of sp³-hybridized carbons (Fsp3) is 0.529. The SMILES string of the molecule is Cc1noc(CN2CCN(Cc3ccc(CS(C)(=O)=O)cc3)CC2)n1. The van der Waals surface area contributed by atoms with Gasteiger partial charge >= 0.3 is 0 Å². The van der Waals surface area contributed by atoms with Crippen molar-refractivity contribution in [3.05, 3.63) is 47.1 Å². The van der Waals surface area contributed by atoms with Gasteiger partial charge in [0.2, 0.25) is 5.89 Å². The van der Waals surface area contributed by atoms with Crippen LogP contribution in [0.15, 0.2) is 28.8 Å². The van der Waals surface area contributed by atoms with Crippen molar-refractivity contribution >= 4 is 9.84 Å². The van der Waals surface area contributed by atoms with Gasteiger partial charge in [0.1, 0.15) is 0 Å². The normalized spacial score (nSPS) is 17.0. The number of sulfone groups is 1. The summed E-state index contributed by atoms with van der Waals surface area (Å²) in [4.78, 5) is 8.97. The van der Waals surface area contributed by atoms with Crippen LogP contribution in [0.2, 0.25) is 0 Å². The third-order valence-corrected chi connectivity index (χ3v) is 5.11. The summed E-state index contributed by atoms with van der Waals surface area (Å²) in [6.07, 6.45) is 1.26. The molecule has 136 valence electrons. The maximum Gasteiger partial charge on any atom is 0.240 e. The molecule has 25 heavy (non-hydrogen) atoms. The van der Waals surface area contributed by atoms with Crippen LogP contribution in [0.1, 0.15) is 22.8 Å². The molecule has 0 atom stereocenters. The molecular formula is C17H24N4O3S. The van der Waals surface area contributed by atoms with Crippen molar-refractivity contribution in [2.24, 2.45) is 0 Å². The Labute approximate surface area is 148 Å². The first kappa shape index (κ1) is 18.0. The Morgan fingerprint density at radius 1 is 1.00 bits per heavy atom. The molecular weight excluding hydrogens is 340 g/mol. The average Bonchev–Trinajstić information content (AvgIpc) is 2.95. The molecule has 1 aliphatic rings. The third-order valence-electron chi connectivity index (χ3n) is 4.25. The number of piperazine rings is 1. The van der Waals surface area contributed by atoms with Crippen LogP contribution in [0.25, 0.3) is 0 Å². The van der Waals surface area contributed by atoms with Crippen molar-refractivity contribution in [1.82, 2.24) is 19.9 Å². The van der Waals surface area contributed by atoms with Crippen molar-refractivity contribution in [2.75, 3.05) is 32.4 Å². The van der Waals surface area contributed by atoms with Crippen LogP contribution in [0.5, 0.6) is 0 Å². The summed E-state index contributed by atoms with van der Waals surface area (Å²) < 4.78 is 27.9. The van der Waals surface area contributed by atoms with Crippen LogP contribution < -0.4 is 0 Å². The minimum atomic E-state index is -2.98. The fourth-order valence-corrected chi connectivity index (χ4v) is 3.80. The number of benzene rings is 1. The van der Waals surface area contributed by atoms with Gasteiger partial charge in [0.05, 0.1) is 12.3 Å². The number of nitrogens with zero attached hydrogens (tertiary/aromatic N) is 4. The van der Waals surface area contributed by atoms with Gasteiger partial charge in [-0.2, -0.15) is 4.98 Å². The molecule has 7 nitrogen and oxygen atoms in total. The monoisotopic (exact) mass is 364 g/mol. The zero-order chi connectivity index (χ0) is 17.9. The van der Waals surface area contributed by atoms with Crippen LogP contribution in [0, 0.1) is 6.92 Å². The van der Waals surface area contributed by atoms with Crippen molar-refractivity contribution in [3.63, 3.8) is 0 Å². The van der Waals surface area contributed by atoms with Crippen LogP contribution in [-0.4, -0.2) is 60.8 Å². The van der Waals surface area contributed by atoms with Crippen molar-refractivity contribution < 1.29 is 12.9 Å². The van der Waals surface area contributed by atoms with Gasteiger partial charge in [-0.25, -0.2) is 8.42 Å². The summed E-state index contributed by atoms with van der Waals surface area (Å²) in [6.45, 7) is 7.31. The van der Waals surface area contributed by atoms with Gasteiger partial charge in [0, 0.05) is 39.0 Å². The third kappa shape index (κ3) is 5.62. The van der Waals surface area contributed by atoms with E-state index in [-0.39, 0.29) is 5.75 Å². The van der Waals surface area contributed by atoms with Gasteiger partial charge in [-0.15, -0.1) is 0 Å². The molecule has 1 aliphatic heterocycles. The Morgan fingerprint density at radius 3 is 2.08 bits per heavy atom. The molecule has 2 heterocycles. The Bertz CT molecular complexity index is 794. The van der Waals surface area contributed by atoms with Crippen LogP contribution in [-0.2, 0) is 28.7 Å². The zero-order valence-corrected chi connectivity index (χ0v) is 15.5. The molecule has 0 N–H and O–H groups in total. The lowest BCUT2D eigenvalue weighted by Gasteiger charge is -2.33. The molecule has 0 radical (unpaired) electrons. The van der Waals surface area contributed by atoms with E-state index in [0.717, 1.165) is 38.3 Å². The number of aryl methyl sites for hydroxylation is 1. The largest absolute Gasteiger partial charge is 0.338 e. The average molecular weight is 364 g/mol. The van der Waals surface area contributed by atoms with E-state index in [9.17, 15) is 8.42 Å². The number of rotatable bonds is 6. The first-order chi connectivity index (χ1) is 11.9. The highest BCUT2D eigenvalue weighted by Crippen LogP contribution is 2.13. The fourth-order valence-electron chi connectivity index (χ4n) is 3.00. The molecule has 2 aromatic rings. The maximum atomic E-state index is 11.3. The second kappa shape index (κ2) is 7.63. The summed E-state index contributed by atoms with van der Waals surface area (Å²) in [5.41, 5.74) is 2.05. The van der Waals surface area contributed by atoms with Crippen LogP contribution in [0.4, 0.5) is 0 Å². The van der Waals surface area contributed by atoms with Crippen LogP contribution in [0.3, 0.4) is 0 Å². The molecule has 0 bridgehead atoms. The molecule has 0 aliphatic carbocycles. The molecule has 3 rings (SSSR count). The van der Waals surface area contributed by atoms with Gasteiger partial charge in [-0.05, 0) is 18.1 Å². The Morgan fingerprint density at radius 2 is 1.56 bits per heavy atom. The van der Waals surface area contributed by atoms with Crippen molar-refractivity contribution in [2.45, 2.75) is 25.8 Å². The van der Waals surface area contributed by atoms with E-state index in [1.54, 1.807) is 0 Å². The summed E-state index contributed by atoms with van der Waals surface area (Å²) in [7, 11) is -2.98.